The van der Waals surface area contributed by atoms with Crippen LogP contribution >= 0.6 is 0 Å². The molecule has 320 valence electrons. The Hall–Kier alpha value is -3.72. The third-order valence-corrected chi connectivity index (χ3v) is 10.1. The number of rotatable bonds is 6. The molecule has 4 aromatic carbocycles. The number of benzene rings is 4. The lowest BCUT2D eigenvalue weighted by atomic mass is 9.97. The first-order valence-corrected chi connectivity index (χ1v) is 19.3. The van der Waals surface area contributed by atoms with Crippen molar-refractivity contribution in [2.24, 2.45) is 11.5 Å². The molecular formula is C46H64F4N4O4. The maximum absolute atomic E-state index is 13.7. The molecule has 4 N–H and O–H groups in total. The summed E-state index contributed by atoms with van der Waals surface area (Å²) in [4.78, 5) is 4.04. The highest BCUT2D eigenvalue weighted by Gasteiger charge is 2.27. The average molecular weight is 813 g/mol. The number of hydrogen-bond acceptors (Lipinski definition) is 8. The molecule has 12 heteroatoms. The van der Waals surface area contributed by atoms with Gasteiger partial charge in [-0.2, -0.15) is 0 Å². The highest BCUT2D eigenvalue weighted by Crippen LogP contribution is 2.32. The summed E-state index contributed by atoms with van der Waals surface area (Å²) in [6, 6.07) is 20.8. The second-order valence-electron chi connectivity index (χ2n) is 14.7. The van der Waals surface area contributed by atoms with Gasteiger partial charge in [-0.05, 0) is 100 Å². The molecule has 8 rings (SSSR count). The standard InChI is InChI=1S/2C12H16FNO.2C10H12FNO.2CH4/c2*1-14(2)8-11-12-9(6-7-15-11)4-3-5-10(12)13;2*11-8-3-1-2-7-4-5-13-9(6-12)10(7)8;;/h2*3-5,11H,6-8H2,1-2H3;2*1-3,9H,4-6,12H2;2*1H4/t2*11-;2*9-;;/m1010../s1. The zero-order valence-corrected chi connectivity index (χ0v) is 32.9. The van der Waals surface area contributed by atoms with E-state index in [0.717, 1.165) is 72.2 Å². The normalized spacial score (nSPS) is 20.1. The molecule has 0 amide bonds. The average Bonchev–Trinajstić information content (AvgIpc) is 3.18. The molecule has 0 saturated heterocycles. The van der Waals surface area contributed by atoms with Gasteiger partial charge in [0.15, 0.2) is 0 Å². The zero-order valence-electron chi connectivity index (χ0n) is 32.9. The highest BCUT2D eigenvalue weighted by atomic mass is 19.1. The van der Waals surface area contributed by atoms with Crippen molar-refractivity contribution in [2.45, 2.75) is 65.0 Å². The Balaban J connectivity index is 0.000000205. The molecule has 0 aromatic heterocycles. The number of nitrogens with zero attached hydrogens (tertiary/aromatic N) is 2. The number of fused-ring (bicyclic) bond motifs is 4. The lowest BCUT2D eigenvalue weighted by Gasteiger charge is -2.28. The number of hydrogen-bond donors (Lipinski definition) is 2. The van der Waals surface area contributed by atoms with Crippen molar-refractivity contribution in [1.29, 1.82) is 0 Å². The topological polar surface area (TPSA) is 95.4 Å². The summed E-state index contributed by atoms with van der Waals surface area (Å²) in [7, 11) is 7.88. The predicted molar refractivity (Wildman–Crippen MR) is 224 cm³/mol. The van der Waals surface area contributed by atoms with E-state index in [0.29, 0.717) is 50.6 Å². The third kappa shape index (κ3) is 12.6. The van der Waals surface area contributed by atoms with Gasteiger partial charge in [0.2, 0.25) is 0 Å². The first-order chi connectivity index (χ1) is 27.0. The molecule has 0 unspecified atom stereocenters. The molecule has 4 heterocycles. The first-order valence-electron chi connectivity index (χ1n) is 19.3. The zero-order chi connectivity index (χ0) is 40.2. The first kappa shape index (κ1) is 48.6. The van der Waals surface area contributed by atoms with Crippen molar-refractivity contribution in [2.75, 3.05) is 80.8 Å². The molecule has 0 aliphatic carbocycles. The molecule has 4 atom stereocenters. The van der Waals surface area contributed by atoms with Crippen LogP contribution in [0.5, 0.6) is 0 Å². The van der Waals surface area contributed by atoms with Gasteiger partial charge in [-0.15, -0.1) is 0 Å². The second-order valence-corrected chi connectivity index (χ2v) is 14.7. The van der Waals surface area contributed by atoms with E-state index in [4.69, 9.17) is 30.4 Å². The fraction of sp³-hybridized carbons (Fsp3) is 0.478. The van der Waals surface area contributed by atoms with Crippen LogP contribution in [0, 0.1) is 23.3 Å². The summed E-state index contributed by atoms with van der Waals surface area (Å²) in [6.45, 7) is 4.80. The number of nitrogens with two attached hydrogens (primary N) is 2. The largest absolute Gasteiger partial charge is 0.372 e. The van der Waals surface area contributed by atoms with Gasteiger partial charge in [0.1, 0.15) is 23.3 Å². The lowest BCUT2D eigenvalue weighted by Crippen LogP contribution is -2.27. The summed E-state index contributed by atoms with van der Waals surface area (Å²) in [5, 5.41) is 0. The molecule has 4 aliphatic rings. The van der Waals surface area contributed by atoms with Gasteiger partial charge in [-0.3, -0.25) is 0 Å². The van der Waals surface area contributed by atoms with Crippen LogP contribution in [-0.4, -0.2) is 90.6 Å². The smallest absolute Gasteiger partial charge is 0.129 e. The van der Waals surface area contributed by atoms with Gasteiger partial charge in [-0.25, -0.2) is 17.6 Å². The van der Waals surface area contributed by atoms with Crippen molar-refractivity contribution in [3.05, 3.63) is 141 Å². The quantitative estimate of drug-likeness (QED) is 0.189. The Kier molecular flexibility index (Phi) is 19.9. The van der Waals surface area contributed by atoms with E-state index in [1.807, 2.05) is 62.3 Å². The van der Waals surface area contributed by atoms with Crippen LogP contribution in [0.1, 0.15) is 83.8 Å². The summed E-state index contributed by atoms with van der Waals surface area (Å²) >= 11 is 0. The SMILES string of the molecule is C.C.CN(C)C[C@@H]1OCCc2cccc(F)c21.CN(C)C[C@H]1OCCc2cccc(F)c21.NC[C@@H]1OCCc2cccc(F)c21.NC[C@H]1OCCc2cccc(F)c21. The van der Waals surface area contributed by atoms with Crippen molar-refractivity contribution in [3.8, 4) is 0 Å². The van der Waals surface area contributed by atoms with Crippen LogP contribution in [0.15, 0.2) is 72.8 Å². The van der Waals surface area contributed by atoms with E-state index in [1.165, 1.54) is 24.3 Å². The maximum atomic E-state index is 13.7. The van der Waals surface area contributed by atoms with Gasteiger partial charge in [0.25, 0.3) is 0 Å². The number of likely N-dealkylation sites (N-methyl/N-ethyl adjacent to an activating group) is 2. The Morgan fingerprint density at radius 3 is 0.931 bits per heavy atom. The minimum atomic E-state index is -0.259. The number of halogens is 4. The lowest BCUT2D eigenvalue weighted by molar-refractivity contribution is 0.0227. The van der Waals surface area contributed by atoms with Crippen molar-refractivity contribution in [3.63, 3.8) is 0 Å². The molecule has 4 aromatic rings. The summed E-state index contributed by atoms with van der Waals surface area (Å²) in [5.74, 6) is -0.682. The van der Waals surface area contributed by atoms with E-state index in [9.17, 15) is 17.6 Å². The summed E-state index contributed by atoms with van der Waals surface area (Å²) < 4.78 is 76.1. The van der Waals surface area contributed by atoms with Crippen LogP contribution < -0.4 is 11.5 Å². The molecule has 58 heavy (non-hydrogen) atoms. The molecule has 0 saturated carbocycles. The Morgan fingerprint density at radius 2 is 0.690 bits per heavy atom. The maximum Gasteiger partial charge on any atom is 0.129 e. The van der Waals surface area contributed by atoms with Crippen LogP contribution in [0.2, 0.25) is 0 Å². The predicted octanol–water partition coefficient (Wildman–Crippen LogP) is 8.07. The van der Waals surface area contributed by atoms with Crippen molar-refractivity contribution in [1.82, 2.24) is 9.80 Å². The van der Waals surface area contributed by atoms with Crippen molar-refractivity contribution >= 4 is 0 Å². The molecule has 4 aliphatic heterocycles. The van der Waals surface area contributed by atoms with Gasteiger partial charge in [0.05, 0.1) is 50.8 Å². The van der Waals surface area contributed by atoms with Crippen LogP contribution in [0.4, 0.5) is 17.6 Å². The summed E-state index contributed by atoms with van der Waals surface area (Å²) in [6.07, 6.45) is 2.44. The van der Waals surface area contributed by atoms with Crippen LogP contribution in [0.3, 0.4) is 0 Å². The van der Waals surface area contributed by atoms with E-state index in [-0.39, 0.29) is 62.5 Å². The van der Waals surface area contributed by atoms with Gasteiger partial charge in [-0.1, -0.05) is 63.4 Å². The molecule has 0 bridgehead atoms. The fourth-order valence-electron chi connectivity index (χ4n) is 7.54. The minimum Gasteiger partial charge on any atom is -0.372 e. The Bertz CT molecular complexity index is 1730. The molecular weight excluding hydrogens is 749 g/mol. The third-order valence-electron chi connectivity index (χ3n) is 10.1. The molecule has 8 nitrogen and oxygen atoms in total. The Labute approximate surface area is 343 Å². The van der Waals surface area contributed by atoms with Crippen LogP contribution in [-0.2, 0) is 44.6 Å². The highest BCUT2D eigenvalue weighted by molar-refractivity contribution is 5.35. The fourth-order valence-corrected chi connectivity index (χ4v) is 7.54. The van der Waals surface area contributed by atoms with E-state index in [1.54, 1.807) is 24.3 Å². The van der Waals surface area contributed by atoms with Gasteiger partial charge < -0.3 is 40.2 Å². The summed E-state index contributed by atoms with van der Waals surface area (Å²) in [5.41, 5.74) is 18.0. The van der Waals surface area contributed by atoms with Gasteiger partial charge >= 0.3 is 0 Å². The second kappa shape index (κ2) is 23.8. The minimum absolute atomic E-state index is 0. The molecule has 0 fully saturated rings. The van der Waals surface area contributed by atoms with Crippen LogP contribution in [0.25, 0.3) is 0 Å². The molecule has 0 spiro atoms. The monoisotopic (exact) mass is 812 g/mol. The Morgan fingerprint density at radius 1 is 0.448 bits per heavy atom. The van der Waals surface area contributed by atoms with Gasteiger partial charge in [0, 0.05) is 48.4 Å². The van der Waals surface area contributed by atoms with E-state index < -0.39 is 0 Å². The van der Waals surface area contributed by atoms with E-state index >= 15 is 0 Å². The van der Waals surface area contributed by atoms with E-state index in [2.05, 4.69) is 0 Å². The molecule has 0 radical (unpaired) electrons. The van der Waals surface area contributed by atoms with Crippen molar-refractivity contribution < 1.29 is 36.5 Å². The number of ether oxygens (including phenoxy) is 4.